The molecule has 24 heavy (non-hydrogen) atoms. The number of benzene rings is 2. The van der Waals surface area contributed by atoms with Crippen LogP contribution in [0.4, 0.5) is 0 Å². The maximum Gasteiger partial charge on any atom is 0.197 e. The van der Waals surface area contributed by atoms with Crippen molar-refractivity contribution in [3.05, 3.63) is 52.8 Å². The second kappa shape index (κ2) is 5.42. The maximum absolute atomic E-state index is 12.6. The van der Waals surface area contributed by atoms with E-state index in [0.717, 1.165) is 16.5 Å². The average molecular weight is 322 g/mol. The molecule has 0 saturated carbocycles. The Morgan fingerprint density at radius 3 is 2.75 bits per heavy atom. The van der Waals surface area contributed by atoms with Gasteiger partial charge in [-0.3, -0.25) is 9.89 Å². The summed E-state index contributed by atoms with van der Waals surface area (Å²) in [6.45, 7) is 0. The second-order valence-electron chi connectivity index (χ2n) is 5.35. The van der Waals surface area contributed by atoms with Crippen molar-refractivity contribution >= 4 is 21.9 Å². The molecular formula is C18H14N2O4. The highest BCUT2D eigenvalue weighted by Gasteiger charge is 2.14. The first-order valence-electron chi connectivity index (χ1n) is 7.33. The van der Waals surface area contributed by atoms with Crippen molar-refractivity contribution < 1.29 is 13.9 Å². The van der Waals surface area contributed by atoms with E-state index in [1.54, 1.807) is 25.4 Å². The minimum absolute atomic E-state index is 0.168. The van der Waals surface area contributed by atoms with Gasteiger partial charge < -0.3 is 13.9 Å². The Morgan fingerprint density at radius 1 is 1.08 bits per heavy atom. The summed E-state index contributed by atoms with van der Waals surface area (Å²) in [5, 5.41) is 8.23. The van der Waals surface area contributed by atoms with Gasteiger partial charge in [-0.1, -0.05) is 0 Å². The minimum Gasteiger partial charge on any atom is -0.496 e. The van der Waals surface area contributed by atoms with E-state index < -0.39 is 0 Å². The van der Waals surface area contributed by atoms with Crippen LogP contribution in [-0.4, -0.2) is 24.4 Å². The van der Waals surface area contributed by atoms with Gasteiger partial charge in [0.05, 0.1) is 25.9 Å². The van der Waals surface area contributed by atoms with Gasteiger partial charge in [0, 0.05) is 29.1 Å². The fourth-order valence-electron chi connectivity index (χ4n) is 2.75. The third kappa shape index (κ3) is 2.20. The number of hydrogen-bond acceptors (Lipinski definition) is 5. The van der Waals surface area contributed by atoms with Gasteiger partial charge in [-0.25, -0.2) is 0 Å². The largest absolute Gasteiger partial charge is 0.496 e. The van der Waals surface area contributed by atoms with Crippen molar-refractivity contribution in [2.45, 2.75) is 0 Å². The van der Waals surface area contributed by atoms with E-state index in [-0.39, 0.29) is 5.43 Å². The topological polar surface area (TPSA) is 77.4 Å². The molecule has 4 aromatic rings. The number of nitrogens with zero attached hydrogens (tertiary/aromatic N) is 1. The highest BCUT2D eigenvalue weighted by atomic mass is 16.5. The van der Waals surface area contributed by atoms with E-state index in [2.05, 4.69) is 10.2 Å². The average Bonchev–Trinajstić information content (AvgIpc) is 3.08. The molecule has 2 aromatic heterocycles. The van der Waals surface area contributed by atoms with E-state index in [1.165, 1.54) is 13.2 Å². The van der Waals surface area contributed by atoms with E-state index in [4.69, 9.17) is 13.9 Å². The molecule has 0 aliphatic carbocycles. The van der Waals surface area contributed by atoms with Crippen molar-refractivity contribution in [3.63, 3.8) is 0 Å². The molecule has 0 radical (unpaired) electrons. The van der Waals surface area contributed by atoms with Crippen LogP contribution in [0.25, 0.3) is 33.2 Å². The lowest BCUT2D eigenvalue weighted by atomic mass is 10.1. The van der Waals surface area contributed by atoms with Gasteiger partial charge in [-0.05, 0) is 18.2 Å². The molecule has 0 fully saturated rings. The lowest BCUT2D eigenvalue weighted by Gasteiger charge is -2.09. The molecule has 1 N–H and O–H groups in total. The molecule has 0 amide bonds. The summed E-state index contributed by atoms with van der Waals surface area (Å²) in [6.07, 6.45) is 1.73. The van der Waals surface area contributed by atoms with Crippen LogP contribution in [0.15, 0.2) is 51.8 Å². The number of rotatable bonds is 3. The molecule has 120 valence electrons. The summed E-state index contributed by atoms with van der Waals surface area (Å²) < 4.78 is 16.5. The SMILES string of the molecule is COc1cc(OC)c2c(=O)cc(-c3ccc4[nH]ncc4c3)oc2c1. The summed E-state index contributed by atoms with van der Waals surface area (Å²) in [4.78, 5) is 12.6. The van der Waals surface area contributed by atoms with Crippen LogP contribution in [0.3, 0.4) is 0 Å². The first kappa shape index (κ1) is 14.3. The fraction of sp³-hybridized carbons (Fsp3) is 0.111. The Balaban J connectivity index is 1.98. The van der Waals surface area contributed by atoms with E-state index in [1.807, 2.05) is 18.2 Å². The molecule has 0 saturated heterocycles. The zero-order chi connectivity index (χ0) is 16.7. The van der Waals surface area contributed by atoms with Crippen molar-refractivity contribution in [1.29, 1.82) is 0 Å². The Labute approximate surface area is 136 Å². The Hall–Kier alpha value is -3.28. The zero-order valence-electron chi connectivity index (χ0n) is 13.1. The molecule has 2 aromatic carbocycles. The first-order chi connectivity index (χ1) is 11.7. The number of fused-ring (bicyclic) bond motifs is 2. The van der Waals surface area contributed by atoms with Crippen LogP contribution in [0.1, 0.15) is 0 Å². The highest BCUT2D eigenvalue weighted by Crippen LogP contribution is 2.32. The summed E-state index contributed by atoms with van der Waals surface area (Å²) in [7, 11) is 3.06. The smallest absolute Gasteiger partial charge is 0.197 e. The van der Waals surface area contributed by atoms with Crippen molar-refractivity contribution in [3.8, 4) is 22.8 Å². The second-order valence-corrected chi connectivity index (χ2v) is 5.35. The number of hydrogen-bond donors (Lipinski definition) is 1. The highest BCUT2D eigenvalue weighted by molar-refractivity contribution is 5.88. The predicted octanol–water partition coefficient (Wildman–Crippen LogP) is 3.35. The predicted molar refractivity (Wildman–Crippen MR) is 90.7 cm³/mol. The van der Waals surface area contributed by atoms with Gasteiger partial charge in [0.25, 0.3) is 0 Å². The van der Waals surface area contributed by atoms with Gasteiger partial charge in [0.15, 0.2) is 5.43 Å². The van der Waals surface area contributed by atoms with Crippen molar-refractivity contribution in [2.75, 3.05) is 14.2 Å². The molecular weight excluding hydrogens is 308 g/mol. The van der Waals surface area contributed by atoms with Crippen LogP contribution < -0.4 is 14.9 Å². The summed E-state index contributed by atoms with van der Waals surface area (Å²) in [5.74, 6) is 1.46. The lowest BCUT2D eigenvalue weighted by molar-refractivity contribution is 0.396. The molecule has 0 unspecified atom stereocenters. The minimum atomic E-state index is -0.168. The monoisotopic (exact) mass is 322 g/mol. The normalized spacial score (nSPS) is 11.1. The molecule has 2 heterocycles. The molecule has 0 atom stereocenters. The standard InChI is InChI=1S/C18H14N2O4/c1-22-12-6-16(23-2)18-14(21)8-15(24-17(18)7-12)10-3-4-13-11(5-10)9-19-20-13/h3-9H,1-2H3,(H,19,20). The van der Waals surface area contributed by atoms with E-state index in [0.29, 0.717) is 28.2 Å². The van der Waals surface area contributed by atoms with E-state index in [9.17, 15) is 4.79 Å². The van der Waals surface area contributed by atoms with Crippen LogP contribution >= 0.6 is 0 Å². The third-order valence-corrected chi connectivity index (χ3v) is 3.95. The Morgan fingerprint density at radius 2 is 1.96 bits per heavy atom. The van der Waals surface area contributed by atoms with Crippen molar-refractivity contribution in [2.24, 2.45) is 0 Å². The number of ether oxygens (including phenoxy) is 2. The molecule has 6 nitrogen and oxygen atoms in total. The Bertz CT molecular complexity index is 1110. The number of methoxy groups -OCH3 is 2. The van der Waals surface area contributed by atoms with E-state index >= 15 is 0 Å². The van der Waals surface area contributed by atoms with Crippen molar-refractivity contribution in [1.82, 2.24) is 10.2 Å². The van der Waals surface area contributed by atoms with Gasteiger partial charge in [0.2, 0.25) is 0 Å². The molecule has 0 spiro atoms. The van der Waals surface area contributed by atoms with Crippen LogP contribution in [0.2, 0.25) is 0 Å². The third-order valence-electron chi connectivity index (χ3n) is 3.95. The summed E-state index contributed by atoms with van der Waals surface area (Å²) in [5.41, 5.74) is 1.97. The number of nitrogens with one attached hydrogen (secondary N) is 1. The van der Waals surface area contributed by atoms with Gasteiger partial charge in [-0.2, -0.15) is 5.10 Å². The molecule has 4 rings (SSSR count). The van der Waals surface area contributed by atoms with Crippen LogP contribution in [-0.2, 0) is 0 Å². The summed E-state index contributed by atoms with van der Waals surface area (Å²) >= 11 is 0. The quantitative estimate of drug-likeness (QED) is 0.626. The molecule has 0 bridgehead atoms. The molecule has 0 aliphatic rings. The molecule has 6 heteroatoms. The van der Waals surface area contributed by atoms with Gasteiger partial charge in [0.1, 0.15) is 28.2 Å². The van der Waals surface area contributed by atoms with Crippen LogP contribution in [0.5, 0.6) is 11.5 Å². The number of H-pyrrole nitrogens is 1. The fourth-order valence-corrected chi connectivity index (χ4v) is 2.75. The Kier molecular flexibility index (Phi) is 3.23. The van der Waals surface area contributed by atoms with Gasteiger partial charge in [-0.15, -0.1) is 0 Å². The number of aromatic amines is 1. The molecule has 0 aliphatic heterocycles. The van der Waals surface area contributed by atoms with Crippen LogP contribution in [0, 0.1) is 0 Å². The number of aromatic nitrogens is 2. The summed E-state index contributed by atoms with van der Waals surface area (Å²) in [6, 6.07) is 10.5. The zero-order valence-corrected chi connectivity index (χ0v) is 13.1. The lowest BCUT2D eigenvalue weighted by Crippen LogP contribution is -2.03. The first-order valence-corrected chi connectivity index (χ1v) is 7.33. The maximum atomic E-state index is 12.6. The van der Waals surface area contributed by atoms with Gasteiger partial charge >= 0.3 is 0 Å².